The first-order valence-electron chi connectivity index (χ1n) is 5.93. The van der Waals surface area contributed by atoms with Crippen LogP contribution in [-0.2, 0) is 0 Å². The molecule has 0 saturated carbocycles. The molecule has 18 heavy (non-hydrogen) atoms. The summed E-state index contributed by atoms with van der Waals surface area (Å²) >= 11 is 1.70. The average Bonchev–Trinajstić information content (AvgIpc) is 2.87. The molecule has 1 N–H and O–H groups in total. The topological polar surface area (TPSA) is 34.2 Å². The Morgan fingerprint density at radius 3 is 2.83 bits per heavy atom. The van der Waals surface area contributed by atoms with E-state index in [1.807, 2.05) is 19.3 Å². The minimum Gasteiger partial charge on any atom is -0.496 e. The minimum absolute atomic E-state index is 0.327. The Morgan fingerprint density at radius 1 is 1.39 bits per heavy atom. The van der Waals surface area contributed by atoms with E-state index < -0.39 is 0 Å². The van der Waals surface area contributed by atoms with Gasteiger partial charge in [-0.15, -0.1) is 11.3 Å². The number of benzene rings is 1. The number of rotatable bonds is 4. The number of ether oxygens (including phenoxy) is 1. The number of nitrogens with zero attached hydrogens (tertiary/aromatic N) is 1. The molecule has 1 aromatic carbocycles. The van der Waals surface area contributed by atoms with E-state index in [0.717, 1.165) is 16.3 Å². The third-order valence-electron chi connectivity index (χ3n) is 2.97. The maximum absolute atomic E-state index is 5.43. The Morgan fingerprint density at radius 2 is 2.17 bits per heavy atom. The highest BCUT2D eigenvalue weighted by molar-refractivity contribution is 7.15. The molecule has 0 bridgehead atoms. The van der Waals surface area contributed by atoms with Crippen LogP contribution in [-0.4, -0.2) is 19.1 Å². The summed E-state index contributed by atoms with van der Waals surface area (Å²) in [5, 5.41) is 4.23. The standard InChI is InChI=1S/C14H18N2OS/c1-9-5-6-11(12(7-9)17-4)14-16-8-13(18-14)10(2)15-3/h5-8,10,15H,1-4H3. The van der Waals surface area contributed by atoms with Crippen LogP contribution in [0.25, 0.3) is 10.6 Å². The number of aromatic nitrogens is 1. The molecule has 0 fully saturated rings. The van der Waals surface area contributed by atoms with Crippen LogP contribution in [0, 0.1) is 6.92 Å². The Labute approximate surface area is 112 Å². The van der Waals surface area contributed by atoms with Gasteiger partial charge in [-0.1, -0.05) is 6.07 Å². The van der Waals surface area contributed by atoms with E-state index in [-0.39, 0.29) is 0 Å². The lowest BCUT2D eigenvalue weighted by atomic mass is 10.1. The molecule has 0 radical (unpaired) electrons. The molecule has 2 aromatic rings. The molecule has 0 aliphatic rings. The summed E-state index contributed by atoms with van der Waals surface area (Å²) in [6.07, 6.45) is 1.93. The van der Waals surface area contributed by atoms with Gasteiger partial charge in [0.15, 0.2) is 0 Å². The normalized spacial score (nSPS) is 12.4. The van der Waals surface area contributed by atoms with E-state index in [1.54, 1.807) is 18.4 Å². The third kappa shape index (κ3) is 2.54. The van der Waals surface area contributed by atoms with Crippen LogP contribution < -0.4 is 10.1 Å². The van der Waals surface area contributed by atoms with Gasteiger partial charge in [-0.05, 0) is 38.6 Å². The molecule has 4 heteroatoms. The van der Waals surface area contributed by atoms with E-state index in [4.69, 9.17) is 4.74 Å². The lowest BCUT2D eigenvalue weighted by molar-refractivity contribution is 0.416. The van der Waals surface area contributed by atoms with Gasteiger partial charge in [-0.3, -0.25) is 0 Å². The van der Waals surface area contributed by atoms with Crippen LogP contribution in [0.2, 0.25) is 0 Å². The lowest BCUT2D eigenvalue weighted by Crippen LogP contribution is -2.10. The van der Waals surface area contributed by atoms with Crippen molar-refractivity contribution in [1.82, 2.24) is 10.3 Å². The predicted octanol–water partition coefficient (Wildman–Crippen LogP) is 3.41. The molecule has 0 spiro atoms. The zero-order valence-electron chi connectivity index (χ0n) is 11.2. The summed E-state index contributed by atoms with van der Waals surface area (Å²) in [6, 6.07) is 6.52. The third-order valence-corrected chi connectivity index (χ3v) is 4.18. The maximum atomic E-state index is 5.43. The average molecular weight is 262 g/mol. The van der Waals surface area contributed by atoms with Crippen molar-refractivity contribution < 1.29 is 4.74 Å². The molecular formula is C14H18N2OS. The molecule has 0 saturated heterocycles. The predicted molar refractivity (Wildman–Crippen MR) is 76.3 cm³/mol. The van der Waals surface area contributed by atoms with Gasteiger partial charge < -0.3 is 10.1 Å². The molecule has 3 nitrogen and oxygen atoms in total. The monoisotopic (exact) mass is 262 g/mol. The second-order valence-corrected chi connectivity index (χ2v) is 5.34. The second-order valence-electron chi connectivity index (χ2n) is 4.28. The Balaban J connectivity index is 2.39. The summed E-state index contributed by atoms with van der Waals surface area (Å²) in [7, 11) is 3.65. The van der Waals surface area contributed by atoms with E-state index in [9.17, 15) is 0 Å². The lowest BCUT2D eigenvalue weighted by Gasteiger charge is -2.07. The van der Waals surface area contributed by atoms with Gasteiger partial charge >= 0.3 is 0 Å². The van der Waals surface area contributed by atoms with Crippen LogP contribution in [0.5, 0.6) is 5.75 Å². The molecule has 1 atom stereocenters. The highest BCUT2D eigenvalue weighted by Gasteiger charge is 2.12. The Hall–Kier alpha value is -1.39. The highest BCUT2D eigenvalue weighted by Crippen LogP contribution is 2.35. The van der Waals surface area contributed by atoms with Gasteiger partial charge in [0.05, 0.1) is 12.7 Å². The van der Waals surface area contributed by atoms with Crippen molar-refractivity contribution >= 4 is 11.3 Å². The van der Waals surface area contributed by atoms with Gasteiger partial charge in [-0.25, -0.2) is 4.98 Å². The molecule has 1 heterocycles. The van der Waals surface area contributed by atoms with Gasteiger partial charge in [0.25, 0.3) is 0 Å². The fraction of sp³-hybridized carbons (Fsp3) is 0.357. The zero-order valence-corrected chi connectivity index (χ0v) is 12.0. The smallest absolute Gasteiger partial charge is 0.129 e. The maximum Gasteiger partial charge on any atom is 0.129 e. The van der Waals surface area contributed by atoms with Crippen molar-refractivity contribution in [2.24, 2.45) is 0 Å². The zero-order chi connectivity index (χ0) is 13.1. The first-order chi connectivity index (χ1) is 8.65. The molecule has 1 aromatic heterocycles. The largest absolute Gasteiger partial charge is 0.496 e. The number of hydrogen-bond donors (Lipinski definition) is 1. The van der Waals surface area contributed by atoms with Gasteiger partial charge in [0, 0.05) is 17.1 Å². The van der Waals surface area contributed by atoms with Crippen LogP contribution in [0.3, 0.4) is 0 Å². The van der Waals surface area contributed by atoms with Crippen molar-refractivity contribution in [2.45, 2.75) is 19.9 Å². The van der Waals surface area contributed by atoms with E-state index in [2.05, 4.69) is 36.3 Å². The van der Waals surface area contributed by atoms with E-state index >= 15 is 0 Å². The number of hydrogen-bond acceptors (Lipinski definition) is 4. The van der Waals surface area contributed by atoms with Gasteiger partial charge in [0.2, 0.25) is 0 Å². The fourth-order valence-electron chi connectivity index (χ4n) is 1.73. The summed E-state index contributed by atoms with van der Waals surface area (Å²) in [5.41, 5.74) is 2.25. The summed E-state index contributed by atoms with van der Waals surface area (Å²) < 4.78 is 5.43. The summed E-state index contributed by atoms with van der Waals surface area (Å²) in [6.45, 7) is 4.19. The molecule has 2 rings (SSSR count). The molecular weight excluding hydrogens is 244 g/mol. The van der Waals surface area contributed by atoms with Crippen LogP contribution in [0.4, 0.5) is 0 Å². The summed E-state index contributed by atoms with van der Waals surface area (Å²) in [4.78, 5) is 5.72. The summed E-state index contributed by atoms with van der Waals surface area (Å²) in [5.74, 6) is 0.882. The van der Waals surface area contributed by atoms with E-state index in [1.165, 1.54) is 10.4 Å². The number of nitrogens with one attached hydrogen (secondary N) is 1. The number of thiazole rings is 1. The van der Waals surface area contributed by atoms with Crippen molar-refractivity contribution in [3.63, 3.8) is 0 Å². The van der Waals surface area contributed by atoms with Gasteiger partial charge in [-0.2, -0.15) is 0 Å². The highest BCUT2D eigenvalue weighted by atomic mass is 32.1. The van der Waals surface area contributed by atoms with Crippen LogP contribution in [0.15, 0.2) is 24.4 Å². The van der Waals surface area contributed by atoms with Crippen molar-refractivity contribution in [2.75, 3.05) is 14.2 Å². The van der Waals surface area contributed by atoms with Crippen LogP contribution >= 0.6 is 11.3 Å². The SMILES string of the molecule is CNC(C)c1cnc(-c2ccc(C)cc2OC)s1. The van der Waals surface area contributed by atoms with Gasteiger partial charge in [0.1, 0.15) is 10.8 Å². The second kappa shape index (κ2) is 5.50. The molecule has 0 amide bonds. The number of aryl methyl sites for hydroxylation is 1. The Kier molecular flexibility index (Phi) is 3.99. The van der Waals surface area contributed by atoms with Crippen molar-refractivity contribution in [3.8, 4) is 16.3 Å². The molecule has 0 aliphatic heterocycles. The van der Waals surface area contributed by atoms with Crippen molar-refractivity contribution in [1.29, 1.82) is 0 Å². The minimum atomic E-state index is 0.327. The number of methoxy groups -OCH3 is 1. The Bertz CT molecular complexity index is 536. The molecule has 96 valence electrons. The first kappa shape index (κ1) is 13.1. The molecule has 0 aliphatic carbocycles. The van der Waals surface area contributed by atoms with Crippen LogP contribution in [0.1, 0.15) is 23.4 Å². The first-order valence-corrected chi connectivity index (χ1v) is 6.75. The van der Waals surface area contributed by atoms with E-state index in [0.29, 0.717) is 6.04 Å². The van der Waals surface area contributed by atoms with Crippen molar-refractivity contribution in [3.05, 3.63) is 34.8 Å². The quantitative estimate of drug-likeness (QED) is 0.917. The molecule has 1 unspecified atom stereocenters. The fourth-order valence-corrected chi connectivity index (χ4v) is 2.74.